The number of rotatable bonds is 5. The number of anilines is 2. The zero-order valence-corrected chi connectivity index (χ0v) is 16.8. The van der Waals surface area contributed by atoms with Gasteiger partial charge < -0.3 is 4.52 Å². The highest BCUT2D eigenvalue weighted by Crippen LogP contribution is 2.28. The largest absolute Gasteiger partial charge is 0.361 e. The molecule has 0 atom stereocenters. The number of nitrogens with zero attached hydrogens (tertiary/aromatic N) is 5. The van der Waals surface area contributed by atoms with Crippen LogP contribution in [0.1, 0.15) is 31.8 Å². The molecule has 4 rings (SSSR count). The molecule has 0 aromatic carbocycles. The predicted molar refractivity (Wildman–Crippen MR) is 104 cm³/mol. The minimum absolute atomic E-state index is 0.126. The average Bonchev–Trinajstić information content (AvgIpc) is 3.34. The molecule has 12 heteroatoms. The van der Waals surface area contributed by atoms with E-state index in [0.29, 0.717) is 22.6 Å². The van der Waals surface area contributed by atoms with Crippen LogP contribution in [-0.4, -0.2) is 50.1 Å². The maximum Gasteiger partial charge on any atom is 0.279 e. The number of hydrogen-bond donors (Lipinski definition) is 2. The molecule has 0 unspecified atom stereocenters. The Hall–Kier alpha value is -2.70. The van der Waals surface area contributed by atoms with Crippen LogP contribution in [0.5, 0.6) is 0 Å². The average molecular weight is 419 g/mol. The third-order valence-electron chi connectivity index (χ3n) is 4.03. The Labute approximate surface area is 168 Å². The molecule has 0 aliphatic carbocycles. The third-order valence-corrected chi connectivity index (χ3v) is 5.78. The third kappa shape index (κ3) is 4.24. The van der Waals surface area contributed by atoms with Gasteiger partial charge in [-0.1, -0.05) is 16.5 Å². The summed E-state index contributed by atoms with van der Waals surface area (Å²) in [5, 5.41) is 18.8. The lowest BCUT2D eigenvalue weighted by molar-refractivity contribution is -0.117. The molecule has 1 aliphatic heterocycles. The quantitative estimate of drug-likeness (QED) is 0.642. The van der Waals surface area contributed by atoms with Crippen molar-refractivity contribution in [1.82, 2.24) is 25.2 Å². The van der Waals surface area contributed by atoms with Gasteiger partial charge in [-0.2, -0.15) is 0 Å². The predicted octanol–water partition coefficient (Wildman–Crippen LogP) is 1.85. The van der Waals surface area contributed by atoms with E-state index in [2.05, 4.69) is 31.0 Å². The Bertz CT molecular complexity index is 1030. The summed E-state index contributed by atoms with van der Waals surface area (Å²) in [6.45, 7) is 5.14. The molecule has 10 nitrogen and oxygen atoms in total. The molecule has 0 saturated heterocycles. The van der Waals surface area contributed by atoms with Crippen LogP contribution in [0, 0.1) is 13.8 Å². The van der Waals surface area contributed by atoms with Crippen molar-refractivity contribution in [3.05, 3.63) is 33.1 Å². The summed E-state index contributed by atoms with van der Waals surface area (Å²) >= 11 is 2.75. The standard InChI is InChI=1S/C16H17N7O3S2/c1-8-5-11(22-26-8)14(25)19-15-17-10-3-4-23(6-12(10)28-15)7-13(24)18-16-21-20-9(2)27-16/h5H,3-4,6-7H2,1-2H3,(H,17,19,25)(H,18,21,24). The molecule has 146 valence electrons. The normalized spacial score (nSPS) is 13.9. The zero-order chi connectivity index (χ0) is 19.7. The fourth-order valence-electron chi connectivity index (χ4n) is 2.78. The second-order valence-electron chi connectivity index (χ2n) is 6.30. The van der Waals surface area contributed by atoms with Crippen molar-refractivity contribution in [1.29, 1.82) is 0 Å². The van der Waals surface area contributed by atoms with Crippen LogP contribution in [0.15, 0.2) is 10.6 Å². The monoisotopic (exact) mass is 419 g/mol. The van der Waals surface area contributed by atoms with Crippen molar-refractivity contribution in [2.24, 2.45) is 0 Å². The number of fused-ring (bicyclic) bond motifs is 1. The van der Waals surface area contributed by atoms with Crippen LogP contribution in [-0.2, 0) is 17.8 Å². The minimum atomic E-state index is -0.355. The van der Waals surface area contributed by atoms with Crippen molar-refractivity contribution in [3.63, 3.8) is 0 Å². The van der Waals surface area contributed by atoms with E-state index in [1.165, 1.54) is 22.7 Å². The van der Waals surface area contributed by atoms with Gasteiger partial charge in [0.1, 0.15) is 10.8 Å². The van der Waals surface area contributed by atoms with E-state index in [-0.39, 0.29) is 24.1 Å². The van der Waals surface area contributed by atoms with Gasteiger partial charge in [0.15, 0.2) is 10.8 Å². The van der Waals surface area contributed by atoms with Gasteiger partial charge in [0.05, 0.1) is 12.2 Å². The van der Waals surface area contributed by atoms with Crippen LogP contribution in [0.25, 0.3) is 0 Å². The first-order chi connectivity index (χ1) is 13.5. The lowest BCUT2D eigenvalue weighted by Crippen LogP contribution is -2.36. The van der Waals surface area contributed by atoms with Crippen LogP contribution in [0.3, 0.4) is 0 Å². The molecule has 1 aliphatic rings. The van der Waals surface area contributed by atoms with Crippen LogP contribution >= 0.6 is 22.7 Å². The molecule has 0 radical (unpaired) electrons. The maximum absolute atomic E-state index is 12.2. The number of hydrogen-bond acceptors (Lipinski definition) is 10. The Kier molecular flexibility index (Phi) is 5.15. The van der Waals surface area contributed by atoms with Gasteiger partial charge in [0.2, 0.25) is 11.0 Å². The summed E-state index contributed by atoms with van der Waals surface area (Å²) in [4.78, 5) is 32.0. The SMILES string of the molecule is Cc1cc(C(=O)Nc2nc3c(s2)CN(CC(=O)Nc2nnc(C)s2)CC3)no1. The van der Waals surface area contributed by atoms with Crippen molar-refractivity contribution < 1.29 is 14.1 Å². The summed E-state index contributed by atoms with van der Waals surface area (Å²) in [6.07, 6.45) is 0.718. The molecule has 3 aromatic rings. The molecule has 2 amide bonds. The second kappa shape index (κ2) is 7.73. The van der Waals surface area contributed by atoms with Gasteiger partial charge in [0, 0.05) is 30.5 Å². The Morgan fingerprint density at radius 2 is 2.07 bits per heavy atom. The highest BCUT2D eigenvalue weighted by atomic mass is 32.1. The zero-order valence-electron chi connectivity index (χ0n) is 15.2. The highest BCUT2D eigenvalue weighted by molar-refractivity contribution is 7.16. The van der Waals surface area contributed by atoms with E-state index < -0.39 is 0 Å². The summed E-state index contributed by atoms with van der Waals surface area (Å²) in [5.41, 5.74) is 1.17. The van der Waals surface area contributed by atoms with Gasteiger partial charge >= 0.3 is 0 Å². The molecule has 0 saturated carbocycles. The van der Waals surface area contributed by atoms with Crippen LogP contribution < -0.4 is 10.6 Å². The summed E-state index contributed by atoms with van der Waals surface area (Å²) in [7, 11) is 0. The fourth-order valence-corrected chi connectivity index (χ4v) is 4.43. The number of thiazole rings is 1. The van der Waals surface area contributed by atoms with E-state index in [4.69, 9.17) is 4.52 Å². The molecular weight excluding hydrogens is 402 g/mol. The molecule has 4 heterocycles. The Morgan fingerprint density at radius 3 is 2.79 bits per heavy atom. The fraction of sp³-hybridized carbons (Fsp3) is 0.375. The number of amides is 2. The Balaban J connectivity index is 1.35. The summed E-state index contributed by atoms with van der Waals surface area (Å²) < 4.78 is 4.92. The van der Waals surface area contributed by atoms with E-state index >= 15 is 0 Å². The molecule has 0 spiro atoms. The van der Waals surface area contributed by atoms with E-state index in [9.17, 15) is 9.59 Å². The van der Waals surface area contributed by atoms with Gasteiger partial charge in [-0.25, -0.2) is 4.98 Å². The van der Waals surface area contributed by atoms with E-state index in [1.54, 1.807) is 13.0 Å². The van der Waals surface area contributed by atoms with Crippen molar-refractivity contribution in [2.75, 3.05) is 23.7 Å². The summed E-state index contributed by atoms with van der Waals surface area (Å²) in [6, 6.07) is 1.57. The van der Waals surface area contributed by atoms with E-state index in [1.807, 2.05) is 11.8 Å². The van der Waals surface area contributed by atoms with Gasteiger partial charge in [-0.05, 0) is 13.8 Å². The summed E-state index contributed by atoms with van der Waals surface area (Å²) in [5.74, 6) is 0.0896. The first-order valence-electron chi connectivity index (χ1n) is 8.52. The molecule has 0 bridgehead atoms. The van der Waals surface area contributed by atoms with Crippen molar-refractivity contribution in [3.8, 4) is 0 Å². The van der Waals surface area contributed by atoms with Crippen molar-refractivity contribution >= 4 is 44.8 Å². The number of aryl methyl sites for hydroxylation is 2. The van der Waals surface area contributed by atoms with Crippen LogP contribution in [0.2, 0.25) is 0 Å². The Morgan fingerprint density at radius 1 is 1.21 bits per heavy atom. The molecular formula is C16H17N7O3S2. The molecule has 28 heavy (non-hydrogen) atoms. The van der Waals surface area contributed by atoms with Crippen molar-refractivity contribution in [2.45, 2.75) is 26.8 Å². The lowest BCUT2D eigenvalue weighted by Gasteiger charge is -2.24. The number of nitrogens with one attached hydrogen (secondary N) is 2. The second-order valence-corrected chi connectivity index (χ2v) is 8.57. The van der Waals surface area contributed by atoms with Gasteiger partial charge in [-0.3, -0.25) is 25.1 Å². The van der Waals surface area contributed by atoms with Crippen LogP contribution in [0.4, 0.5) is 10.3 Å². The number of carbonyl (C=O) groups excluding carboxylic acids is 2. The van der Waals surface area contributed by atoms with Gasteiger partial charge in [0.25, 0.3) is 5.91 Å². The molecule has 3 aromatic heterocycles. The molecule has 2 N–H and O–H groups in total. The highest BCUT2D eigenvalue weighted by Gasteiger charge is 2.23. The lowest BCUT2D eigenvalue weighted by atomic mass is 10.2. The minimum Gasteiger partial charge on any atom is -0.361 e. The van der Waals surface area contributed by atoms with Gasteiger partial charge in [-0.15, -0.1) is 21.5 Å². The maximum atomic E-state index is 12.2. The molecule has 0 fully saturated rings. The first kappa shape index (κ1) is 18.7. The smallest absolute Gasteiger partial charge is 0.279 e. The van der Waals surface area contributed by atoms with E-state index in [0.717, 1.165) is 28.5 Å². The topological polar surface area (TPSA) is 126 Å². The first-order valence-corrected chi connectivity index (χ1v) is 10.1. The number of aromatic nitrogens is 4. The number of carbonyl (C=O) groups is 2.